The highest BCUT2D eigenvalue weighted by atomic mass is 19.1. The Morgan fingerprint density at radius 3 is 2.80 bits per heavy atom. The summed E-state index contributed by atoms with van der Waals surface area (Å²) in [4.78, 5) is 0. The number of fused-ring (bicyclic) bond motifs is 1. The summed E-state index contributed by atoms with van der Waals surface area (Å²) in [5.41, 5.74) is 3.15. The third-order valence-corrected chi connectivity index (χ3v) is 4.06. The van der Waals surface area contributed by atoms with Gasteiger partial charge in [-0.05, 0) is 42.7 Å². The fourth-order valence-electron chi connectivity index (χ4n) is 2.82. The molecule has 2 atom stereocenters. The molecule has 0 aromatic heterocycles. The first-order valence-electron chi connectivity index (χ1n) is 6.91. The lowest BCUT2D eigenvalue weighted by atomic mass is 9.77. The van der Waals surface area contributed by atoms with Crippen LogP contribution in [-0.2, 0) is 6.42 Å². The van der Waals surface area contributed by atoms with Crippen LogP contribution >= 0.6 is 0 Å². The summed E-state index contributed by atoms with van der Waals surface area (Å²) in [5.74, 6) is -0.283. The molecule has 0 aliphatic heterocycles. The van der Waals surface area contributed by atoms with E-state index >= 15 is 0 Å². The Labute approximate surface area is 117 Å². The van der Waals surface area contributed by atoms with Gasteiger partial charge in [-0.15, -0.1) is 0 Å². The molecule has 0 fully saturated rings. The Morgan fingerprint density at radius 1 is 1.20 bits per heavy atom. The predicted molar refractivity (Wildman–Crippen MR) is 75.7 cm³/mol. The molecule has 0 heterocycles. The van der Waals surface area contributed by atoms with Gasteiger partial charge in [-0.25, -0.2) is 8.78 Å². The average Bonchev–Trinajstić information content (AvgIpc) is 2.42. The third-order valence-electron chi connectivity index (χ3n) is 4.06. The standard InChI is InChI=1S/C17H17F2N/c1-11(16-9-14(18)6-7-17(16)19)20-10-13-8-12-4-2-3-5-15(12)13/h2-7,9,11,13,20H,8,10H2,1H3. The number of halogens is 2. The Morgan fingerprint density at radius 2 is 2.00 bits per heavy atom. The number of nitrogens with one attached hydrogen (secondary N) is 1. The summed E-state index contributed by atoms with van der Waals surface area (Å²) >= 11 is 0. The van der Waals surface area contributed by atoms with Crippen LogP contribution < -0.4 is 5.32 Å². The molecule has 2 unspecified atom stereocenters. The van der Waals surface area contributed by atoms with E-state index < -0.39 is 5.82 Å². The summed E-state index contributed by atoms with van der Waals surface area (Å²) < 4.78 is 26.9. The van der Waals surface area contributed by atoms with E-state index in [0.29, 0.717) is 11.5 Å². The predicted octanol–water partition coefficient (Wildman–Crippen LogP) is 3.96. The minimum Gasteiger partial charge on any atom is -0.309 e. The smallest absolute Gasteiger partial charge is 0.128 e. The molecular formula is C17H17F2N. The van der Waals surface area contributed by atoms with Crippen LogP contribution in [0.1, 0.15) is 35.6 Å². The summed E-state index contributed by atoms with van der Waals surface area (Å²) in [6.45, 7) is 2.65. The molecule has 0 radical (unpaired) electrons. The Balaban J connectivity index is 1.63. The summed E-state index contributed by atoms with van der Waals surface area (Å²) in [7, 11) is 0. The number of hydrogen-bond acceptors (Lipinski definition) is 1. The highest BCUT2D eigenvalue weighted by Gasteiger charge is 2.25. The van der Waals surface area contributed by atoms with Crippen LogP contribution in [0, 0.1) is 11.6 Å². The zero-order chi connectivity index (χ0) is 14.1. The van der Waals surface area contributed by atoms with Gasteiger partial charge in [0, 0.05) is 24.1 Å². The molecular weight excluding hydrogens is 256 g/mol. The zero-order valence-corrected chi connectivity index (χ0v) is 11.4. The van der Waals surface area contributed by atoms with Crippen LogP contribution in [0.25, 0.3) is 0 Å². The molecule has 1 N–H and O–H groups in total. The Bertz CT molecular complexity index is 624. The zero-order valence-electron chi connectivity index (χ0n) is 11.4. The maximum atomic E-state index is 13.7. The maximum Gasteiger partial charge on any atom is 0.128 e. The SMILES string of the molecule is CC(NCC1Cc2ccccc21)c1cc(F)ccc1F. The second-order valence-electron chi connectivity index (χ2n) is 5.40. The first-order valence-corrected chi connectivity index (χ1v) is 6.91. The van der Waals surface area contributed by atoms with E-state index in [2.05, 4.69) is 17.4 Å². The fourth-order valence-corrected chi connectivity index (χ4v) is 2.82. The van der Waals surface area contributed by atoms with Crippen molar-refractivity contribution in [1.82, 2.24) is 5.32 Å². The summed E-state index contributed by atoms with van der Waals surface area (Å²) in [6, 6.07) is 11.8. The normalized spacial score (nSPS) is 18.2. The van der Waals surface area contributed by atoms with Gasteiger partial charge >= 0.3 is 0 Å². The minimum absolute atomic E-state index is 0.196. The van der Waals surface area contributed by atoms with Crippen molar-refractivity contribution in [2.24, 2.45) is 0 Å². The first-order chi connectivity index (χ1) is 9.65. The van der Waals surface area contributed by atoms with Gasteiger partial charge in [0.2, 0.25) is 0 Å². The van der Waals surface area contributed by atoms with E-state index in [1.165, 1.54) is 23.3 Å². The van der Waals surface area contributed by atoms with Crippen LogP contribution in [0.4, 0.5) is 8.78 Å². The van der Waals surface area contributed by atoms with Gasteiger partial charge in [-0.2, -0.15) is 0 Å². The highest BCUT2D eigenvalue weighted by molar-refractivity contribution is 5.40. The van der Waals surface area contributed by atoms with Crippen molar-refractivity contribution in [3.63, 3.8) is 0 Å². The molecule has 2 aromatic carbocycles. The van der Waals surface area contributed by atoms with Gasteiger partial charge in [-0.3, -0.25) is 0 Å². The molecule has 1 nitrogen and oxygen atoms in total. The molecule has 1 aliphatic rings. The maximum absolute atomic E-state index is 13.7. The van der Waals surface area contributed by atoms with E-state index in [1.54, 1.807) is 0 Å². The summed E-state index contributed by atoms with van der Waals surface area (Å²) in [5, 5.41) is 3.30. The fraction of sp³-hybridized carbons (Fsp3) is 0.294. The number of rotatable bonds is 4. The van der Waals surface area contributed by atoms with Gasteiger partial charge in [0.05, 0.1) is 0 Å². The number of hydrogen-bond donors (Lipinski definition) is 1. The van der Waals surface area contributed by atoms with Gasteiger partial charge in [0.15, 0.2) is 0 Å². The van der Waals surface area contributed by atoms with E-state index in [4.69, 9.17) is 0 Å². The van der Waals surface area contributed by atoms with Gasteiger partial charge in [0.1, 0.15) is 11.6 Å². The van der Waals surface area contributed by atoms with Crippen molar-refractivity contribution in [1.29, 1.82) is 0 Å². The Hall–Kier alpha value is -1.74. The molecule has 104 valence electrons. The second kappa shape index (κ2) is 5.33. The molecule has 0 spiro atoms. The lowest BCUT2D eigenvalue weighted by Crippen LogP contribution is -2.31. The lowest BCUT2D eigenvalue weighted by Gasteiger charge is -2.31. The molecule has 20 heavy (non-hydrogen) atoms. The monoisotopic (exact) mass is 273 g/mol. The number of benzene rings is 2. The molecule has 1 aliphatic carbocycles. The van der Waals surface area contributed by atoms with Gasteiger partial charge < -0.3 is 5.32 Å². The highest BCUT2D eigenvalue weighted by Crippen LogP contribution is 2.34. The van der Waals surface area contributed by atoms with Crippen LogP contribution in [0.15, 0.2) is 42.5 Å². The van der Waals surface area contributed by atoms with Crippen molar-refractivity contribution in [2.45, 2.75) is 25.3 Å². The Kier molecular flexibility index (Phi) is 3.53. The van der Waals surface area contributed by atoms with E-state index in [1.807, 2.05) is 19.1 Å². The molecule has 3 rings (SSSR count). The molecule has 2 aromatic rings. The van der Waals surface area contributed by atoms with Crippen molar-refractivity contribution in [2.75, 3.05) is 6.54 Å². The van der Waals surface area contributed by atoms with Crippen molar-refractivity contribution in [3.8, 4) is 0 Å². The topological polar surface area (TPSA) is 12.0 Å². The van der Waals surface area contributed by atoms with Crippen LogP contribution in [-0.4, -0.2) is 6.54 Å². The average molecular weight is 273 g/mol. The van der Waals surface area contributed by atoms with Crippen molar-refractivity contribution in [3.05, 3.63) is 70.8 Å². The van der Waals surface area contributed by atoms with Crippen LogP contribution in [0.2, 0.25) is 0 Å². The quantitative estimate of drug-likeness (QED) is 0.889. The van der Waals surface area contributed by atoms with Gasteiger partial charge in [-0.1, -0.05) is 24.3 Å². The van der Waals surface area contributed by atoms with E-state index in [9.17, 15) is 8.78 Å². The molecule has 0 saturated heterocycles. The molecule has 3 heteroatoms. The van der Waals surface area contributed by atoms with E-state index in [-0.39, 0.29) is 11.9 Å². The largest absolute Gasteiger partial charge is 0.309 e. The van der Waals surface area contributed by atoms with E-state index in [0.717, 1.165) is 19.0 Å². The molecule has 0 amide bonds. The van der Waals surface area contributed by atoms with Crippen LogP contribution in [0.5, 0.6) is 0 Å². The van der Waals surface area contributed by atoms with Crippen molar-refractivity contribution >= 4 is 0 Å². The molecule has 0 saturated carbocycles. The molecule has 0 bridgehead atoms. The minimum atomic E-state index is -0.399. The van der Waals surface area contributed by atoms with Crippen molar-refractivity contribution < 1.29 is 8.78 Å². The lowest BCUT2D eigenvalue weighted by molar-refractivity contribution is 0.471. The van der Waals surface area contributed by atoms with Crippen LogP contribution in [0.3, 0.4) is 0 Å². The third kappa shape index (κ3) is 2.46. The first kappa shape index (κ1) is 13.3. The summed E-state index contributed by atoms with van der Waals surface area (Å²) in [6.07, 6.45) is 1.06. The van der Waals surface area contributed by atoms with Gasteiger partial charge in [0.25, 0.3) is 0 Å². The second-order valence-corrected chi connectivity index (χ2v) is 5.40.